The van der Waals surface area contributed by atoms with Crippen LogP contribution in [0, 0.1) is 10.5 Å². The van der Waals surface area contributed by atoms with E-state index in [-0.39, 0.29) is 12.5 Å². The van der Waals surface area contributed by atoms with Gasteiger partial charge in [-0.15, -0.1) is 0 Å². The van der Waals surface area contributed by atoms with Crippen LogP contribution in [0.1, 0.15) is 11.1 Å². The summed E-state index contributed by atoms with van der Waals surface area (Å²) < 4.78 is 6.18. The van der Waals surface area contributed by atoms with Crippen LogP contribution in [-0.2, 0) is 4.79 Å². The van der Waals surface area contributed by atoms with Gasteiger partial charge >= 0.3 is 0 Å². The molecule has 2 aromatic rings. The smallest absolute Gasteiger partial charge is 0.259 e. The second-order valence-electron chi connectivity index (χ2n) is 4.91. The molecule has 1 amide bonds. The number of carbonyl (C=O) groups is 1. The molecule has 0 aliphatic heterocycles. The highest BCUT2D eigenvalue weighted by molar-refractivity contribution is 14.1. The van der Waals surface area contributed by atoms with Gasteiger partial charge in [-0.3, -0.25) is 4.79 Å². The molecule has 5 nitrogen and oxygen atoms in total. The van der Waals surface area contributed by atoms with Crippen LogP contribution in [0.25, 0.3) is 0 Å². The summed E-state index contributed by atoms with van der Waals surface area (Å²) in [6.07, 6.45) is 1.60. The van der Waals surface area contributed by atoms with Crippen LogP contribution < -0.4 is 15.5 Å². The predicted molar refractivity (Wildman–Crippen MR) is 101 cm³/mol. The Kier molecular flexibility index (Phi) is 6.40. The minimum atomic E-state index is -0.204. The molecule has 0 aliphatic carbocycles. The Hall–Kier alpha value is -2.09. The van der Waals surface area contributed by atoms with E-state index in [1.807, 2.05) is 49.4 Å². The topological polar surface area (TPSA) is 62.7 Å². The zero-order chi connectivity index (χ0) is 16.7. The number of benzene rings is 2. The average Bonchev–Trinajstić information content (AvgIpc) is 2.54. The summed E-state index contributed by atoms with van der Waals surface area (Å²) in [6.45, 7) is 2.19. The van der Waals surface area contributed by atoms with E-state index in [9.17, 15) is 4.79 Å². The number of halogens is 1. The van der Waals surface area contributed by atoms with Gasteiger partial charge in [0.15, 0.2) is 0 Å². The van der Waals surface area contributed by atoms with Crippen LogP contribution in [-0.4, -0.2) is 25.8 Å². The Balaban J connectivity index is 1.81. The maximum Gasteiger partial charge on any atom is 0.259 e. The first-order valence-corrected chi connectivity index (χ1v) is 8.12. The second kappa shape index (κ2) is 8.52. The summed E-state index contributed by atoms with van der Waals surface area (Å²) in [5, 5.41) is 7.00. The maximum absolute atomic E-state index is 11.7. The normalized spacial score (nSPS) is 10.6. The van der Waals surface area contributed by atoms with Crippen molar-refractivity contribution in [3.63, 3.8) is 0 Å². The maximum atomic E-state index is 11.7. The standard InChI is InChI=1S/C17H18IN3O2/c1-12-3-6-14(7-4-12)19-11-17(22)21-20-10-13-5-8-16(23-2)15(18)9-13/h3-10,19H,11H2,1-2H3,(H,21,22)/b20-10+. The number of hydrogen-bond acceptors (Lipinski definition) is 4. The molecule has 0 heterocycles. The Bertz CT molecular complexity index is 699. The summed E-state index contributed by atoms with van der Waals surface area (Å²) >= 11 is 2.19. The van der Waals surface area contributed by atoms with Crippen molar-refractivity contribution in [2.75, 3.05) is 19.0 Å². The van der Waals surface area contributed by atoms with Crippen molar-refractivity contribution in [1.29, 1.82) is 0 Å². The molecule has 2 rings (SSSR count). The van der Waals surface area contributed by atoms with Crippen LogP contribution in [0.3, 0.4) is 0 Å². The SMILES string of the molecule is COc1ccc(/C=N/NC(=O)CNc2ccc(C)cc2)cc1I. The van der Waals surface area contributed by atoms with Crippen LogP contribution >= 0.6 is 22.6 Å². The van der Waals surface area contributed by atoms with E-state index in [4.69, 9.17) is 4.74 Å². The lowest BCUT2D eigenvalue weighted by Crippen LogP contribution is -2.25. The van der Waals surface area contributed by atoms with Gasteiger partial charge in [-0.1, -0.05) is 17.7 Å². The van der Waals surface area contributed by atoms with Crippen molar-refractivity contribution in [2.45, 2.75) is 6.92 Å². The number of amides is 1. The van der Waals surface area contributed by atoms with Crippen LogP contribution in [0.2, 0.25) is 0 Å². The number of nitrogens with zero attached hydrogens (tertiary/aromatic N) is 1. The van der Waals surface area contributed by atoms with Gasteiger partial charge in [0.1, 0.15) is 5.75 Å². The molecule has 0 unspecified atom stereocenters. The number of aryl methyl sites for hydroxylation is 1. The number of nitrogens with one attached hydrogen (secondary N) is 2. The summed E-state index contributed by atoms with van der Waals surface area (Å²) in [7, 11) is 1.63. The van der Waals surface area contributed by atoms with E-state index in [0.717, 1.165) is 20.6 Å². The highest BCUT2D eigenvalue weighted by Crippen LogP contribution is 2.20. The van der Waals surface area contributed by atoms with E-state index < -0.39 is 0 Å². The molecular weight excluding hydrogens is 405 g/mol. The van der Waals surface area contributed by atoms with E-state index in [0.29, 0.717) is 0 Å². The van der Waals surface area contributed by atoms with Gasteiger partial charge in [0.05, 0.1) is 23.4 Å². The Morgan fingerprint density at radius 1 is 1.26 bits per heavy atom. The summed E-state index contributed by atoms with van der Waals surface area (Å²) in [5.74, 6) is 0.610. The van der Waals surface area contributed by atoms with Crippen molar-refractivity contribution in [3.8, 4) is 5.75 Å². The lowest BCUT2D eigenvalue weighted by Gasteiger charge is -2.05. The van der Waals surface area contributed by atoms with Crippen molar-refractivity contribution in [3.05, 3.63) is 57.2 Å². The lowest BCUT2D eigenvalue weighted by atomic mass is 10.2. The first-order valence-electron chi connectivity index (χ1n) is 7.04. The number of carbonyl (C=O) groups excluding carboxylic acids is 1. The summed E-state index contributed by atoms with van der Waals surface area (Å²) in [5.41, 5.74) is 5.47. The Morgan fingerprint density at radius 2 is 2.00 bits per heavy atom. The van der Waals surface area contributed by atoms with Gasteiger partial charge in [-0.2, -0.15) is 5.10 Å². The van der Waals surface area contributed by atoms with E-state index in [1.165, 1.54) is 5.56 Å². The molecule has 0 saturated heterocycles. The fourth-order valence-corrected chi connectivity index (χ4v) is 2.59. The number of hydrogen-bond donors (Lipinski definition) is 2. The minimum Gasteiger partial charge on any atom is -0.496 e. The van der Waals surface area contributed by atoms with Crippen molar-refractivity contribution in [2.24, 2.45) is 5.10 Å². The molecule has 0 spiro atoms. The van der Waals surface area contributed by atoms with Crippen molar-refractivity contribution < 1.29 is 9.53 Å². The predicted octanol–water partition coefficient (Wildman–Crippen LogP) is 3.17. The molecule has 0 aromatic heterocycles. The molecule has 0 saturated carbocycles. The zero-order valence-electron chi connectivity index (χ0n) is 13.0. The van der Waals surface area contributed by atoms with Gasteiger partial charge in [0, 0.05) is 5.69 Å². The van der Waals surface area contributed by atoms with Crippen LogP contribution in [0.15, 0.2) is 47.6 Å². The number of methoxy groups -OCH3 is 1. The fourth-order valence-electron chi connectivity index (χ4n) is 1.84. The molecule has 2 aromatic carbocycles. The monoisotopic (exact) mass is 423 g/mol. The second-order valence-corrected chi connectivity index (χ2v) is 6.07. The van der Waals surface area contributed by atoms with E-state index in [2.05, 4.69) is 38.4 Å². The molecular formula is C17H18IN3O2. The number of ether oxygens (including phenoxy) is 1. The Morgan fingerprint density at radius 3 is 2.65 bits per heavy atom. The molecule has 0 atom stereocenters. The molecule has 120 valence electrons. The van der Waals surface area contributed by atoms with Crippen LogP contribution in [0.5, 0.6) is 5.75 Å². The van der Waals surface area contributed by atoms with Gasteiger partial charge < -0.3 is 10.1 Å². The van der Waals surface area contributed by atoms with Gasteiger partial charge in [-0.05, 0) is 65.4 Å². The van der Waals surface area contributed by atoms with E-state index in [1.54, 1.807) is 13.3 Å². The third kappa shape index (κ3) is 5.55. The number of rotatable bonds is 6. The summed E-state index contributed by atoms with van der Waals surface area (Å²) in [4.78, 5) is 11.7. The lowest BCUT2D eigenvalue weighted by molar-refractivity contribution is -0.119. The molecule has 0 aliphatic rings. The van der Waals surface area contributed by atoms with Crippen molar-refractivity contribution in [1.82, 2.24) is 5.43 Å². The highest BCUT2D eigenvalue weighted by Gasteiger charge is 2.01. The fraction of sp³-hybridized carbons (Fsp3) is 0.176. The highest BCUT2D eigenvalue weighted by atomic mass is 127. The molecule has 0 fully saturated rings. The zero-order valence-corrected chi connectivity index (χ0v) is 15.1. The average molecular weight is 423 g/mol. The van der Waals surface area contributed by atoms with Gasteiger partial charge in [-0.25, -0.2) is 5.43 Å². The Labute approximate surface area is 149 Å². The quantitative estimate of drug-likeness (QED) is 0.426. The van der Waals surface area contributed by atoms with Crippen molar-refractivity contribution >= 4 is 40.4 Å². The minimum absolute atomic E-state index is 0.167. The third-order valence-electron chi connectivity index (χ3n) is 3.08. The number of anilines is 1. The molecule has 2 N–H and O–H groups in total. The first kappa shape index (κ1) is 17.3. The van der Waals surface area contributed by atoms with Gasteiger partial charge in [0.25, 0.3) is 5.91 Å². The summed E-state index contributed by atoms with van der Waals surface area (Å²) in [6, 6.07) is 13.5. The third-order valence-corrected chi connectivity index (χ3v) is 3.93. The molecule has 0 radical (unpaired) electrons. The molecule has 0 bridgehead atoms. The van der Waals surface area contributed by atoms with Crippen LogP contribution in [0.4, 0.5) is 5.69 Å². The largest absolute Gasteiger partial charge is 0.496 e. The molecule has 23 heavy (non-hydrogen) atoms. The van der Waals surface area contributed by atoms with E-state index >= 15 is 0 Å². The van der Waals surface area contributed by atoms with Gasteiger partial charge in [0.2, 0.25) is 0 Å². The number of hydrazone groups is 1. The molecule has 6 heteroatoms. The first-order chi connectivity index (χ1) is 11.1.